The van der Waals surface area contributed by atoms with E-state index in [0.717, 1.165) is 18.7 Å². The first kappa shape index (κ1) is 12.7. The summed E-state index contributed by atoms with van der Waals surface area (Å²) in [5.74, 6) is 1.37. The molecule has 0 radical (unpaired) electrons. The fourth-order valence-corrected chi connectivity index (χ4v) is 2.39. The van der Waals surface area contributed by atoms with Crippen molar-refractivity contribution >= 4 is 0 Å². The molecule has 1 aliphatic rings. The molecular weight excluding hydrogens is 228 g/mol. The van der Waals surface area contributed by atoms with E-state index in [9.17, 15) is 5.26 Å². The van der Waals surface area contributed by atoms with E-state index in [2.05, 4.69) is 11.0 Å². The fraction of sp³-hybridized carbons (Fsp3) is 0.500. The lowest BCUT2D eigenvalue weighted by Gasteiger charge is -2.22. The predicted molar refractivity (Wildman–Crippen MR) is 68.7 cm³/mol. The van der Waals surface area contributed by atoms with Gasteiger partial charge < -0.3 is 9.47 Å². The van der Waals surface area contributed by atoms with Gasteiger partial charge in [-0.2, -0.15) is 5.26 Å². The minimum Gasteiger partial charge on any atom is -0.493 e. The van der Waals surface area contributed by atoms with E-state index in [1.807, 2.05) is 18.2 Å². The van der Waals surface area contributed by atoms with Gasteiger partial charge in [0.15, 0.2) is 11.5 Å². The largest absolute Gasteiger partial charge is 0.493 e. The SMILES string of the molecule is COc1ccc(C(C#N)N2CCCC2)cc1OC. The predicted octanol–water partition coefficient (Wildman–Crippen LogP) is 2.36. The lowest BCUT2D eigenvalue weighted by molar-refractivity contribution is 0.292. The molecule has 0 amide bonds. The molecule has 1 aromatic rings. The van der Waals surface area contributed by atoms with Gasteiger partial charge in [0.2, 0.25) is 0 Å². The minimum absolute atomic E-state index is 0.188. The van der Waals surface area contributed by atoms with Gasteiger partial charge in [0.05, 0.1) is 20.3 Å². The third-order valence-corrected chi connectivity index (χ3v) is 3.35. The summed E-state index contributed by atoms with van der Waals surface area (Å²) in [7, 11) is 3.22. The molecule has 2 rings (SSSR count). The van der Waals surface area contributed by atoms with Crippen LogP contribution in [0.2, 0.25) is 0 Å². The third-order valence-electron chi connectivity index (χ3n) is 3.35. The topological polar surface area (TPSA) is 45.5 Å². The first-order chi connectivity index (χ1) is 8.80. The highest BCUT2D eigenvalue weighted by atomic mass is 16.5. The second kappa shape index (κ2) is 5.74. The van der Waals surface area contributed by atoms with Crippen molar-refractivity contribution in [1.29, 1.82) is 5.26 Å². The highest BCUT2D eigenvalue weighted by molar-refractivity contribution is 5.44. The highest BCUT2D eigenvalue weighted by Gasteiger charge is 2.23. The molecule has 0 saturated carbocycles. The number of likely N-dealkylation sites (tertiary alicyclic amines) is 1. The van der Waals surface area contributed by atoms with Gasteiger partial charge in [0.25, 0.3) is 0 Å². The van der Waals surface area contributed by atoms with E-state index in [1.165, 1.54) is 12.8 Å². The molecule has 1 atom stereocenters. The Morgan fingerprint density at radius 2 is 1.83 bits per heavy atom. The number of benzene rings is 1. The van der Waals surface area contributed by atoms with Crippen molar-refractivity contribution in [2.75, 3.05) is 27.3 Å². The molecule has 0 aliphatic carbocycles. The van der Waals surface area contributed by atoms with E-state index in [-0.39, 0.29) is 6.04 Å². The van der Waals surface area contributed by atoms with E-state index in [1.54, 1.807) is 14.2 Å². The van der Waals surface area contributed by atoms with Crippen LogP contribution in [0.5, 0.6) is 11.5 Å². The summed E-state index contributed by atoms with van der Waals surface area (Å²) in [5.41, 5.74) is 0.969. The van der Waals surface area contributed by atoms with Gasteiger partial charge in [-0.1, -0.05) is 6.07 Å². The van der Waals surface area contributed by atoms with Crippen molar-refractivity contribution in [2.24, 2.45) is 0 Å². The number of hydrogen-bond donors (Lipinski definition) is 0. The molecule has 0 spiro atoms. The summed E-state index contributed by atoms with van der Waals surface area (Å²) < 4.78 is 10.5. The normalized spacial score (nSPS) is 17.2. The Labute approximate surface area is 108 Å². The van der Waals surface area contributed by atoms with Crippen LogP contribution < -0.4 is 9.47 Å². The van der Waals surface area contributed by atoms with Crippen molar-refractivity contribution < 1.29 is 9.47 Å². The molecule has 0 N–H and O–H groups in total. The molecule has 1 heterocycles. The number of rotatable bonds is 4. The van der Waals surface area contributed by atoms with Gasteiger partial charge in [-0.3, -0.25) is 4.90 Å². The Hall–Kier alpha value is -1.73. The Morgan fingerprint density at radius 1 is 1.17 bits per heavy atom. The molecule has 4 nitrogen and oxygen atoms in total. The Balaban J connectivity index is 2.28. The van der Waals surface area contributed by atoms with E-state index >= 15 is 0 Å². The van der Waals surface area contributed by atoms with Crippen LogP contribution in [0.25, 0.3) is 0 Å². The summed E-state index contributed by atoms with van der Waals surface area (Å²) in [5, 5.41) is 9.37. The van der Waals surface area contributed by atoms with Gasteiger partial charge in [0, 0.05) is 0 Å². The van der Waals surface area contributed by atoms with Crippen LogP contribution in [0.4, 0.5) is 0 Å². The van der Waals surface area contributed by atoms with E-state index in [4.69, 9.17) is 9.47 Å². The van der Waals surface area contributed by atoms with Crippen LogP contribution in [0.3, 0.4) is 0 Å². The average molecular weight is 246 g/mol. The van der Waals surface area contributed by atoms with Gasteiger partial charge in [-0.05, 0) is 43.6 Å². The van der Waals surface area contributed by atoms with Crippen LogP contribution in [-0.2, 0) is 0 Å². The summed E-state index contributed by atoms with van der Waals surface area (Å²) in [6.07, 6.45) is 2.34. The Kier molecular flexibility index (Phi) is 4.06. The number of hydrogen-bond acceptors (Lipinski definition) is 4. The second-order valence-electron chi connectivity index (χ2n) is 4.39. The van der Waals surface area contributed by atoms with E-state index in [0.29, 0.717) is 11.5 Å². The van der Waals surface area contributed by atoms with Crippen LogP contribution in [-0.4, -0.2) is 32.2 Å². The fourth-order valence-electron chi connectivity index (χ4n) is 2.39. The molecule has 18 heavy (non-hydrogen) atoms. The number of ether oxygens (including phenoxy) is 2. The first-order valence-corrected chi connectivity index (χ1v) is 6.15. The smallest absolute Gasteiger partial charge is 0.161 e. The van der Waals surface area contributed by atoms with Gasteiger partial charge in [-0.15, -0.1) is 0 Å². The Morgan fingerprint density at radius 3 is 2.39 bits per heavy atom. The number of nitriles is 1. The molecule has 1 aliphatic heterocycles. The molecule has 1 saturated heterocycles. The second-order valence-corrected chi connectivity index (χ2v) is 4.39. The summed E-state index contributed by atoms with van der Waals surface area (Å²) in [4.78, 5) is 2.21. The highest BCUT2D eigenvalue weighted by Crippen LogP contribution is 2.32. The molecule has 1 fully saturated rings. The number of nitrogens with zero attached hydrogens (tertiary/aromatic N) is 2. The van der Waals surface area contributed by atoms with Crippen molar-refractivity contribution in [3.05, 3.63) is 23.8 Å². The lowest BCUT2D eigenvalue weighted by atomic mass is 10.1. The quantitative estimate of drug-likeness (QED) is 0.818. The molecule has 4 heteroatoms. The standard InChI is InChI=1S/C14H18N2O2/c1-17-13-6-5-11(9-14(13)18-2)12(10-15)16-7-3-4-8-16/h5-6,9,12H,3-4,7-8H2,1-2H3. The zero-order valence-electron chi connectivity index (χ0n) is 10.8. The molecular formula is C14H18N2O2. The summed E-state index contributed by atoms with van der Waals surface area (Å²) in [6.45, 7) is 1.99. The molecule has 0 aromatic heterocycles. The maximum atomic E-state index is 9.37. The van der Waals surface area contributed by atoms with Crippen molar-refractivity contribution in [2.45, 2.75) is 18.9 Å². The van der Waals surface area contributed by atoms with Gasteiger partial charge in [0.1, 0.15) is 6.04 Å². The van der Waals surface area contributed by atoms with Crippen LogP contribution in [0, 0.1) is 11.3 Å². The Bertz CT molecular complexity index is 448. The maximum Gasteiger partial charge on any atom is 0.161 e. The zero-order chi connectivity index (χ0) is 13.0. The monoisotopic (exact) mass is 246 g/mol. The zero-order valence-corrected chi connectivity index (χ0v) is 10.8. The van der Waals surface area contributed by atoms with Crippen molar-refractivity contribution in [1.82, 2.24) is 4.90 Å². The first-order valence-electron chi connectivity index (χ1n) is 6.15. The van der Waals surface area contributed by atoms with Crippen LogP contribution >= 0.6 is 0 Å². The summed E-state index contributed by atoms with van der Waals surface area (Å²) >= 11 is 0. The van der Waals surface area contributed by atoms with Gasteiger partial charge in [-0.25, -0.2) is 0 Å². The minimum atomic E-state index is -0.188. The maximum absolute atomic E-state index is 9.37. The molecule has 0 bridgehead atoms. The van der Waals surface area contributed by atoms with Crippen LogP contribution in [0.15, 0.2) is 18.2 Å². The van der Waals surface area contributed by atoms with Crippen molar-refractivity contribution in [3.63, 3.8) is 0 Å². The average Bonchev–Trinajstić information content (AvgIpc) is 2.93. The van der Waals surface area contributed by atoms with E-state index < -0.39 is 0 Å². The van der Waals surface area contributed by atoms with Crippen LogP contribution in [0.1, 0.15) is 24.4 Å². The number of methoxy groups -OCH3 is 2. The summed E-state index contributed by atoms with van der Waals surface area (Å²) in [6, 6.07) is 7.88. The third kappa shape index (κ3) is 2.41. The van der Waals surface area contributed by atoms with Gasteiger partial charge >= 0.3 is 0 Å². The molecule has 1 unspecified atom stereocenters. The lowest BCUT2D eigenvalue weighted by Crippen LogP contribution is -2.24. The molecule has 96 valence electrons. The van der Waals surface area contributed by atoms with Crippen molar-refractivity contribution in [3.8, 4) is 17.6 Å². The molecule has 1 aromatic carbocycles.